The highest BCUT2D eigenvalue weighted by atomic mass is 16.5. The molecule has 0 saturated carbocycles. The van der Waals surface area contributed by atoms with Crippen LogP contribution < -0.4 is 10.1 Å². The molecule has 0 atom stereocenters. The van der Waals surface area contributed by atoms with Crippen molar-refractivity contribution in [1.82, 2.24) is 10.3 Å². The topological polar surface area (TPSA) is 64.4 Å². The lowest BCUT2D eigenvalue weighted by Crippen LogP contribution is -2.23. The summed E-state index contributed by atoms with van der Waals surface area (Å²) in [6.45, 7) is 2.53. The molecule has 0 unspecified atom stereocenters. The van der Waals surface area contributed by atoms with Gasteiger partial charge in [0.2, 0.25) is 5.91 Å². The summed E-state index contributed by atoms with van der Waals surface area (Å²) in [6.07, 6.45) is 2.51. The summed E-state index contributed by atoms with van der Waals surface area (Å²) in [5.41, 5.74) is 3.21. The molecule has 1 aromatic heterocycles. The fraction of sp³-hybridized carbons (Fsp3) is 0.238. The monoisotopic (exact) mass is 350 g/mol. The molecule has 0 aliphatic rings. The van der Waals surface area contributed by atoms with Gasteiger partial charge in [0.1, 0.15) is 5.75 Å². The molecule has 3 aromatic rings. The molecule has 0 spiro atoms. The molecule has 0 fully saturated rings. The summed E-state index contributed by atoms with van der Waals surface area (Å²) in [5.74, 6) is 2.06. The minimum atomic E-state index is -0.0316. The summed E-state index contributed by atoms with van der Waals surface area (Å²) in [4.78, 5) is 16.3. The SMILES string of the molecule is COc1ccc(CNC(=O)CCc2ncc(-c3ccc(C)cc3)o2)cc1. The maximum absolute atomic E-state index is 12.0. The molecule has 0 aliphatic carbocycles. The van der Waals surface area contributed by atoms with E-state index in [1.54, 1.807) is 13.3 Å². The van der Waals surface area contributed by atoms with E-state index >= 15 is 0 Å². The molecule has 1 heterocycles. The van der Waals surface area contributed by atoms with E-state index in [1.807, 2.05) is 55.5 Å². The zero-order chi connectivity index (χ0) is 18.4. The van der Waals surface area contributed by atoms with Crippen LogP contribution in [0.15, 0.2) is 59.1 Å². The third-order valence-electron chi connectivity index (χ3n) is 4.10. The van der Waals surface area contributed by atoms with E-state index in [1.165, 1.54) is 5.56 Å². The van der Waals surface area contributed by atoms with Crippen LogP contribution in [0.4, 0.5) is 0 Å². The van der Waals surface area contributed by atoms with Crippen molar-refractivity contribution >= 4 is 5.91 Å². The lowest BCUT2D eigenvalue weighted by atomic mass is 10.1. The van der Waals surface area contributed by atoms with Crippen LogP contribution in [0.3, 0.4) is 0 Å². The van der Waals surface area contributed by atoms with Crippen molar-refractivity contribution in [2.24, 2.45) is 0 Å². The molecule has 5 nitrogen and oxygen atoms in total. The van der Waals surface area contributed by atoms with Crippen LogP contribution in [-0.4, -0.2) is 18.0 Å². The van der Waals surface area contributed by atoms with Gasteiger partial charge in [-0.2, -0.15) is 0 Å². The Kier molecular flexibility index (Phi) is 5.69. The summed E-state index contributed by atoms with van der Waals surface area (Å²) in [5, 5.41) is 2.90. The summed E-state index contributed by atoms with van der Waals surface area (Å²) < 4.78 is 10.9. The van der Waals surface area contributed by atoms with E-state index in [2.05, 4.69) is 10.3 Å². The van der Waals surface area contributed by atoms with Crippen LogP contribution >= 0.6 is 0 Å². The summed E-state index contributed by atoms with van der Waals surface area (Å²) >= 11 is 0. The van der Waals surface area contributed by atoms with Crippen LogP contribution in [0.2, 0.25) is 0 Å². The van der Waals surface area contributed by atoms with Gasteiger partial charge in [0.05, 0.1) is 13.3 Å². The Morgan fingerprint density at radius 2 is 1.85 bits per heavy atom. The number of rotatable bonds is 7. The Balaban J connectivity index is 1.47. The van der Waals surface area contributed by atoms with Gasteiger partial charge in [-0.15, -0.1) is 0 Å². The van der Waals surface area contributed by atoms with Crippen LogP contribution in [-0.2, 0) is 17.8 Å². The molecule has 0 radical (unpaired) electrons. The molecule has 0 saturated heterocycles. The molecule has 1 N–H and O–H groups in total. The molecule has 134 valence electrons. The number of aryl methyl sites for hydroxylation is 2. The normalized spacial score (nSPS) is 10.5. The molecule has 0 aliphatic heterocycles. The van der Waals surface area contributed by atoms with Crippen molar-refractivity contribution in [1.29, 1.82) is 0 Å². The number of amides is 1. The van der Waals surface area contributed by atoms with E-state index in [0.29, 0.717) is 25.3 Å². The molecule has 26 heavy (non-hydrogen) atoms. The highest BCUT2D eigenvalue weighted by molar-refractivity contribution is 5.76. The molecular weight excluding hydrogens is 328 g/mol. The Morgan fingerprint density at radius 3 is 2.54 bits per heavy atom. The zero-order valence-electron chi connectivity index (χ0n) is 15.0. The number of nitrogens with one attached hydrogen (secondary N) is 1. The first-order valence-electron chi connectivity index (χ1n) is 8.55. The number of oxazole rings is 1. The number of benzene rings is 2. The van der Waals surface area contributed by atoms with Crippen LogP contribution in [0.25, 0.3) is 11.3 Å². The predicted octanol–water partition coefficient (Wildman–Crippen LogP) is 3.91. The Bertz CT molecular complexity index is 852. The second-order valence-corrected chi connectivity index (χ2v) is 6.11. The maximum atomic E-state index is 12.0. The zero-order valence-corrected chi connectivity index (χ0v) is 15.0. The first kappa shape index (κ1) is 17.7. The molecule has 3 rings (SSSR count). The second-order valence-electron chi connectivity index (χ2n) is 6.11. The number of ether oxygens (including phenoxy) is 1. The number of aromatic nitrogens is 1. The number of methoxy groups -OCH3 is 1. The van der Waals surface area contributed by atoms with Gasteiger partial charge in [-0.1, -0.05) is 42.0 Å². The van der Waals surface area contributed by atoms with Gasteiger partial charge in [0, 0.05) is 24.9 Å². The van der Waals surface area contributed by atoms with Crippen molar-refractivity contribution in [2.45, 2.75) is 26.3 Å². The second kappa shape index (κ2) is 8.34. The fourth-order valence-corrected chi connectivity index (χ4v) is 2.53. The van der Waals surface area contributed by atoms with E-state index in [9.17, 15) is 4.79 Å². The van der Waals surface area contributed by atoms with Gasteiger partial charge < -0.3 is 14.5 Å². The van der Waals surface area contributed by atoms with Crippen molar-refractivity contribution in [3.05, 3.63) is 71.7 Å². The minimum absolute atomic E-state index is 0.0316. The maximum Gasteiger partial charge on any atom is 0.220 e. The average Bonchev–Trinajstić information content (AvgIpc) is 3.14. The molecule has 0 bridgehead atoms. The third-order valence-corrected chi connectivity index (χ3v) is 4.10. The summed E-state index contributed by atoms with van der Waals surface area (Å²) in [6, 6.07) is 15.7. The standard InChI is InChI=1S/C21H22N2O3/c1-15-3-7-17(8-4-15)19-14-23-21(26-19)12-11-20(24)22-13-16-5-9-18(25-2)10-6-16/h3-10,14H,11-13H2,1-2H3,(H,22,24). The third kappa shape index (κ3) is 4.72. The molecule has 2 aromatic carbocycles. The van der Waals surface area contributed by atoms with Gasteiger partial charge in [-0.3, -0.25) is 4.79 Å². The Morgan fingerprint density at radius 1 is 1.12 bits per heavy atom. The van der Waals surface area contributed by atoms with E-state index in [-0.39, 0.29) is 5.91 Å². The summed E-state index contributed by atoms with van der Waals surface area (Å²) in [7, 11) is 1.63. The number of hydrogen-bond acceptors (Lipinski definition) is 4. The lowest BCUT2D eigenvalue weighted by Gasteiger charge is -2.05. The van der Waals surface area contributed by atoms with Crippen LogP contribution in [0.5, 0.6) is 5.75 Å². The van der Waals surface area contributed by atoms with Gasteiger partial charge in [-0.05, 0) is 24.6 Å². The molecule has 5 heteroatoms. The Hall–Kier alpha value is -3.08. The Labute approximate surface area is 153 Å². The molecular formula is C21H22N2O3. The first-order valence-corrected chi connectivity index (χ1v) is 8.55. The number of nitrogens with zero attached hydrogens (tertiary/aromatic N) is 1. The number of hydrogen-bond donors (Lipinski definition) is 1. The van der Waals surface area contributed by atoms with Crippen LogP contribution in [0.1, 0.15) is 23.4 Å². The van der Waals surface area contributed by atoms with Crippen molar-refractivity contribution < 1.29 is 13.9 Å². The smallest absolute Gasteiger partial charge is 0.220 e. The van der Waals surface area contributed by atoms with Gasteiger partial charge >= 0.3 is 0 Å². The van der Waals surface area contributed by atoms with Crippen molar-refractivity contribution in [3.63, 3.8) is 0 Å². The fourth-order valence-electron chi connectivity index (χ4n) is 2.53. The van der Waals surface area contributed by atoms with E-state index in [0.717, 1.165) is 22.6 Å². The van der Waals surface area contributed by atoms with Crippen molar-refractivity contribution in [3.8, 4) is 17.1 Å². The molecule has 1 amide bonds. The quantitative estimate of drug-likeness (QED) is 0.702. The highest BCUT2D eigenvalue weighted by Crippen LogP contribution is 2.21. The average molecular weight is 350 g/mol. The van der Waals surface area contributed by atoms with Gasteiger partial charge in [0.15, 0.2) is 11.7 Å². The number of carbonyl (C=O) groups is 1. The first-order chi connectivity index (χ1) is 12.6. The number of carbonyl (C=O) groups excluding carboxylic acids is 1. The van der Waals surface area contributed by atoms with Crippen LogP contribution in [0, 0.1) is 6.92 Å². The van der Waals surface area contributed by atoms with Crippen molar-refractivity contribution in [2.75, 3.05) is 7.11 Å². The lowest BCUT2D eigenvalue weighted by molar-refractivity contribution is -0.121. The largest absolute Gasteiger partial charge is 0.497 e. The minimum Gasteiger partial charge on any atom is -0.497 e. The van der Waals surface area contributed by atoms with Gasteiger partial charge in [0.25, 0.3) is 0 Å². The highest BCUT2D eigenvalue weighted by Gasteiger charge is 2.09. The van der Waals surface area contributed by atoms with E-state index < -0.39 is 0 Å². The van der Waals surface area contributed by atoms with E-state index in [4.69, 9.17) is 9.15 Å². The predicted molar refractivity (Wildman–Crippen MR) is 99.8 cm³/mol. The van der Waals surface area contributed by atoms with Gasteiger partial charge in [-0.25, -0.2) is 4.98 Å².